The third-order valence-corrected chi connectivity index (χ3v) is 2.84. The molecule has 0 unspecified atom stereocenters. The SMILES string of the molecule is COCCOCC(=O)NCCCN1CCCC1. The zero-order valence-corrected chi connectivity index (χ0v) is 10.7. The molecule has 1 N–H and O–H groups in total. The van der Waals surface area contributed by atoms with Crippen molar-refractivity contribution in [3.8, 4) is 0 Å². The minimum Gasteiger partial charge on any atom is -0.382 e. The smallest absolute Gasteiger partial charge is 0.246 e. The first-order valence-corrected chi connectivity index (χ1v) is 6.38. The van der Waals surface area contributed by atoms with Crippen LogP contribution in [0.1, 0.15) is 19.3 Å². The summed E-state index contributed by atoms with van der Waals surface area (Å²) < 4.78 is 9.94. The summed E-state index contributed by atoms with van der Waals surface area (Å²) in [5, 5.41) is 2.85. The van der Waals surface area contributed by atoms with Crippen LogP contribution in [0.3, 0.4) is 0 Å². The van der Waals surface area contributed by atoms with Gasteiger partial charge in [-0.1, -0.05) is 0 Å². The molecule has 0 radical (unpaired) electrons. The minimum absolute atomic E-state index is 0.0393. The van der Waals surface area contributed by atoms with E-state index in [1.165, 1.54) is 25.9 Å². The zero-order valence-electron chi connectivity index (χ0n) is 10.7. The molecule has 0 saturated carbocycles. The first-order chi connectivity index (χ1) is 8.33. The first-order valence-electron chi connectivity index (χ1n) is 6.38. The molecular weight excluding hydrogens is 220 g/mol. The van der Waals surface area contributed by atoms with Crippen molar-refractivity contribution in [3.63, 3.8) is 0 Å². The van der Waals surface area contributed by atoms with Gasteiger partial charge in [-0.05, 0) is 38.9 Å². The van der Waals surface area contributed by atoms with Gasteiger partial charge in [-0.15, -0.1) is 0 Å². The Bertz CT molecular complexity index is 206. The van der Waals surface area contributed by atoms with Crippen molar-refractivity contribution < 1.29 is 14.3 Å². The second kappa shape index (κ2) is 9.39. The highest BCUT2D eigenvalue weighted by molar-refractivity contribution is 5.77. The molecule has 0 aromatic rings. The monoisotopic (exact) mass is 244 g/mol. The van der Waals surface area contributed by atoms with E-state index in [1.54, 1.807) is 7.11 Å². The topological polar surface area (TPSA) is 50.8 Å². The number of carbonyl (C=O) groups excluding carboxylic acids is 1. The van der Waals surface area contributed by atoms with Crippen molar-refractivity contribution in [2.24, 2.45) is 0 Å². The van der Waals surface area contributed by atoms with Crippen LogP contribution >= 0.6 is 0 Å². The van der Waals surface area contributed by atoms with Crippen molar-refractivity contribution in [1.29, 1.82) is 0 Å². The van der Waals surface area contributed by atoms with Gasteiger partial charge < -0.3 is 19.7 Å². The van der Waals surface area contributed by atoms with Crippen molar-refractivity contribution in [2.75, 3.05) is 53.1 Å². The molecule has 0 aromatic carbocycles. The molecule has 0 spiro atoms. The number of hydrogen-bond donors (Lipinski definition) is 1. The number of nitrogens with zero attached hydrogens (tertiary/aromatic N) is 1. The number of carbonyl (C=O) groups is 1. The Hall–Kier alpha value is -0.650. The quantitative estimate of drug-likeness (QED) is 0.591. The van der Waals surface area contributed by atoms with Gasteiger partial charge in [-0.2, -0.15) is 0 Å². The molecule has 0 bridgehead atoms. The van der Waals surface area contributed by atoms with E-state index in [4.69, 9.17) is 9.47 Å². The van der Waals surface area contributed by atoms with Crippen LogP contribution < -0.4 is 5.32 Å². The molecule has 1 amide bonds. The Kier molecular flexibility index (Phi) is 7.96. The minimum atomic E-state index is -0.0393. The second-order valence-corrected chi connectivity index (χ2v) is 4.30. The van der Waals surface area contributed by atoms with Gasteiger partial charge in [-0.25, -0.2) is 0 Å². The van der Waals surface area contributed by atoms with Crippen LogP contribution in [0.5, 0.6) is 0 Å². The third-order valence-electron chi connectivity index (χ3n) is 2.84. The number of likely N-dealkylation sites (tertiary alicyclic amines) is 1. The summed E-state index contributed by atoms with van der Waals surface area (Å²) >= 11 is 0. The molecule has 17 heavy (non-hydrogen) atoms. The van der Waals surface area contributed by atoms with E-state index in [0.717, 1.165) is 19.5 Å². The lowest BCUT2D eigenvalue weighted by Crippen LogP contribution is -2.31. The fourth-order valence-corrected chi connectivity index (χ4v) is 1.89. The number of hydrogen-bond acceptors (Lipinski definition) is 4. The Labute approximate surface area is 103 Å². The van der Waals surface area contributed by atoms with Crippen LogP contribution in [0.2, 0.25) is 0 Å². The summed E-state index contributed by atoms with van der Waals surface area (Å²) in [4.78, 5) is 13.8. The maximum atomic E-state index is 11.3. The van der Waals surface area contributed by atoms with E-state index in [0.29, 0.717) is 13.2 Å². The lowest BCUT2D eigenvalue weighted by molar-refractivity contribution is -0.126. The zero-order chi connectivity index (χ0) is 12.3. The normalized spacial score (nSPS) is 16.3. The standard InChI is InChI=1S/C12H24N2O3/c1-16-9-10-17-11-12(15)13-5-4-8-14-6-2-3-7-14/h2-11H2,1H3,(H,13,15). The van der Waals surface area contributed by atoms with Crippen LogP contribution in [0.4, 0.5) is 0 Å². The van der Waals surface area contributed by atoms with Crippen LogP contribution in [0, 0.1) is 0 Å². The Morgan fingerprint density at radius 1 is 1.29 bits per heavy atom. The molecule has 0 aromatic heterocycles. The molecule has 1 fully saturated rings. The van der Waals surface area contributed by atoms with E-state index in [2.05, 4.69) is 10.2 Å². The molecule has 0 atom stereocenters. The molecule has 100 valence electrons. The van der Waals surface area contributed by atoms with E-state index in [1.807, 2.05) is 0 Å². The maximum Gasteiger partial charge on any atom is 0.246 e. The Balaban J connectivity index is 1.85. The first kappa shape index (κ1) is 14.4. The predicted octanol–water partition coefficient (Wildman–Crippen LogP) is 0.252. The van der Waals surface area contributed by atoms with Gasteiger partial charge in [0, 0.05) is 13.7 Å². The van der Waals surface area contributed by atoms with Crippen molar-refractivity contribution >= 4 is 5.91 Å². The number of nitrogens with one attached hydrogen (secondary N) is 1. The molecule has 5 heteroatoms. The summed E-state index contributed by atoms with van der Waals surface area (Å²) in [5.74, 6) is -0.0393. The molecule has 1 saturated heterocycles. The predicted molar refractivity (Wildman–Crippen MR) is 66.0 cm³/mol. The third kappa shape index (κ3) is 7.31. The number of ether oxygens (including phenoxy) is 2. The van der Waals surface area contributed by atoms with E-state index < -0.39 is 0 Å². The number of amides is 1. The van der Waals surface area contributed by atoms with Gasteiger partial charge in [-0.3, -0.25) is 4.79 Å². The van der Waals surface area contributed by atoms with Crippen molar-refractivity contribution in [2.45, 2.75) is 19.3 Å². The van der Waals surface area contributed by atoms with E-state index in [9.17, 15) is 4.79 Å². The van der Waals surface area contributed by atoms with Crippen LogP contribution in [-0.2, 0) is 14.3 Å². The van der Waals surface area contributed by atoms with Gasteiger partial charge in [0.05, 0.1) is 13.2 Å². The van der Waals surface area contributed by atoms with E-state index >= 15 is 0 Å². The molecule has 0 aliphatic carbocycles. The highest BCUT2D eigenvalue weighted by Gasteiger charge is 2.10. The molecule has 1 aliphatic rings. The molecule has 5 nitrogen and oxygen atoms in total. The lowest BCUT2D eigenvalue weighted by atomic mass is 10.4. The Morgan fingerprint density at radius 3 is 2.76 bits per heavy atom. The molecule has 1 rings (SSSR count). The van der Waals surface area contributed by atoms with Gasteiger partial charge in [0.25, 0.3) is 0 Å². The maximum absolute atomic E-state index is 11.3. The largest absolute Gasteiger partial charge is 0.382 e. The molecule has 1 aliphatic heterocycles. The number of rotatable bonds is 9. The average molecular weight is 244 g/mol. The van der Waals surface area contributed by atoms with Gasteiger partial charge >= 0.3 is 0 Å². The highest BCUT2D eigenvalue weighted by atomic mass is 16.5. The van der Waals surface area contributed by atoms with Crippen LogP contribution in [0.15, 0.2) is 0 Å². The second-order valence-electron chi connectivity index (χ2n) is 4.30. The fraction of sp³-hybridized carbons (Fsp3) is 0.917. The van der Waals surface area contributed by atoms with Crippen molar-refractivity contribution in [1.82, 2.24) is 10.2 Å². The van der Waals surface area contributed by atoms with Gasteiger partial charge in [0.2, 0.25) is 5.91 Å². The summed E-state index contributed by atoms with van der Waals surface area (Å²) in [5.41, 5.74) is 0. The lowest BCUT2D eigenvalue weighted by Gasteiger charge is -2.14. The van der Waals surface area contributed by atoms with Crippen LogP contribution in [-0.4, -0.2) is 63.9 Å². The Morgan fingerprint density at radius 2 is 2.06 bits per heavy atom. The number of methoxy groups -OCH3 is 1. The van der Waals surface area contributed by atoms with Crippen molar-refractivity contribution in [3.05, 3.63) is 0 Å². The summed E-state index contributed by atoms with van der Waals surface area (Å²) in [6.07, 6.45) is 3.66. The van der Waals surface area contributed by atoms with E-state index in [-0.39, 0.29) is 12.5 Å². The van der Waals surface area contributed by atoms with Gasteiger partial charge in [0.1, 0.15) is 6.61 Å². The summed E-state index contributed by atoms with van der Waals surface area (Å²) in [7, 11) is 1.61. The highest BCUT2D eigenvalue weighted by Crippen LogP contribution is 2.06. The molecule has 1 heterocycles. The summed E-state index contributed by atoms with van der Waals surface area (Å²) in [6.45, 7) is 5.39. The molecular formula is C12H24N2O3. The average Bonchev–Trinajstić information content (AvgIpc) is 2.83. The van der Waals surface area contributed by atoms with Crippen LogP contribution in [0.25, 0.3) is 0 Å². The fourth-order valence-electron chi connectivity index (χ4n) is 1.89. The van der Waals surface area contributed by atoms with Gasteiger partial charge in [0.15, 0.2) is 0 Å². The summed E-state index contributed by atoms with van der Waals surface area (Å²) in [6, 6.07) is 0.